The van der Waals surface area contributed by atoms with E-state index in [9.17, 15) is 14.9 Å². The minimum absolute atomic E-state index is 0.0589. The Balaban J connectivity index is 2.92. The summed E-state index contributed by atoms with van der Waals surface area (Å²) in [5.41, 5.74) is -0.0589. The molecule has 6 nitrogen and oxygen atoms in total. The molecular formula is C13H17NO5S. The zero-order valence-corrected chi connectivity index (χ0v) is 12.4. The molecule has 0 aliphatic heterocycles. The van der Waals surface area contributed by atoms with Crippen molar-refractivity contribution in [2.24, 2.45) is 5.92 Å². The smallest absolute Gasteiger partial charge is 0.324 e. The fraction of sp³-hybridized carbons (Fsp3) is 0.462. The lowest BCUT2D eigenvalue weighted by Crippen LogP contribution is -2.14. The second-order valence-electron chi connectivity index (χ2n) is 4.03. The van der Waals surface area contributed by atoms with E-state index in [1.165, 1.54) is 18.9 Å². The van der Waals surface area contributed by atoms with Crippen LogP contribution in [0.1, 0.15) is 13.8 Å². The number of para-hydroxylation sites is 1. The van der Waals surface area contributed by atoms with Gasteiger partial charge in [-0.3, -0.25) is 14.9 Å². The highest BCUT2D eigenvalue weighted by molar-refractivity contribution is 7.99. The van der Waals surface area contributed by atoms with Crippen molar-refractivity contribution in [3.63, 3.8) is 0 Å². The number of carbonyl (C=O) groups excluding carboxylic acids is 1. The Hall–Kier alpha value is -1.76. The van der Waals surface area contributed by atoms with E-state index in [4.69, 9.17) is 4.74 Å². The van der Waals surface area contributed by atoms with Crippen LogP contribution in [0, 0.1) is 16.0 Å². The van der Waals surface area contributed by atoms with Crippen molar-refractivity contribution in [2.75, 3.05) is 19.5 Å². The van der Waals surface area contributed by atoms with Gasteiger partial charge >= 0.3 is 11.7 Å². The van der Waals surface area contributed by atoms with E-state index in [1.807, 2.05) is 0 Å². The van der Waals surface area contributed by atoms with Crippen molar-refractivity contribution in [3.05, 3.63) is 28.3 Å². The van der Waals surface area contributed by atoms with E-state index in [1.54, 1.807) is 32.0 Å². The lowest BCUT2D eigenvalue weighted by atomic mass is 10.2. The third kappa shape index (κ3) is 4.12. The van der Waals surface area contributed by atoms with Crippen LogP contribution in [0.25, 0.3) is 0 Å². The summed E-state index contributed by atoms with van der Waals surface area (Å²) in [5.74, 6) is -0.0157. The molecule has 1 unspecified atom stereocenters. The first-order chi connectivity index (χ1) is 9.51. The quantitative estimate of drug-likeness (QED) is 0.333. The molecule has 0 N–H and O–H groups in total. The third-order valence-electron chi connectivity index (χ3n) is 2.54. The summed E-state index contributed by atoms with van der Waals surface area (Å²) < 4.78 is 9.90. The van der Waals surface area contributed by atoms with Crippen molar-refractivity contribution in [3.8, 4) is 5.75 Å². The van der Waals surface area contributed by atoms with Crippen LogP contribution in [0.2, 0.25) is 0 Å². The number of hydrogen-bond donors (Lipinski definition) is 0. The molecule has 0 aliphatic carbocycles. The molecule has 0 fully saturated rings. The number of nitro benzene ring substituents is 1. The summed E-state index contributed by atoms with van der Waals surface area (Å²) in [6, 6.07) is 4.91. The first kappa shape index (κ1) is 16.3. The van der Waals surface area contributed by atoms with Crippen LogP contribution in [0.15, 0.2) is 23.1 Å². The van der Waals surface area contributed by atoms with Crippen LogP contribution in [0.5, 0.6) is 5.75 Å². The van der Waals surface area contributed by atoms with Gasteiger partial charge < -0.3 is 9.47 Å². The van der Waals surface area contributed by atoms with Crippen LogP contribution in [0.3, 0.4) is 0 Å². The number of nitrogens with zero attached hydrogens (tertiary/aromatic N) is 1. The fourth-order valence-electron chi connectivity index (χ4n) is 1.55. The number of esters is 1. The number of hydrogen-bond acceptors (Lipinski definition) is 6. The van der Waals surface area contributed by atoms with Crippen molar-refractivity contribution in [1.29, 1.82) is 0 Å². The largest absolute Gasteiger partial charge is 0.487 e. The van der Waals surface area contributed by atoms with Crippen molar-refractivity contribution in [2.45, 2.75) is 18.7 Å². The molecule has 0 amide bonds. The first-order valence-electron chi connectivity index (χ1n) is 6.12. The molecule has 20 heavy (non-hydrogen) atoms. The summed E-state index contributed by atoms with van der Waals surface area (Å²) in [6.45, 7) is 3.84. The molecule has 1 rings (SSSR count). The van der Waals surface area contributed by atoms with Gasteiger partial charge in [0, 0.05) is 5.75 Å². The Morgan fingerprint density at radius 3 is 2.75 bits per heavy atom. The molecule has 0 spiro atoms. The predicted octanol–water partition coefficient (Wildman–Crippen LogP) is 2.89. The maximum Gasteiger partial charge on any atom is 0.324 e. The Morgan fingerprint density at radius 2 is 2.20 bits per heavy atom. The van der Waals surface area contributed by atoms with Gasteiger partial charge in [0.1, 0.15) is 0 Å². The van der Waals surface area contributed by atoms with Crippen LogP contribution in [0.4, 0.5) is 5.69 Å². The van der Waals surface area contributed by atoms with Crippen LogP contribution in [-0.4, -0.2) is 30.4 Å². The van der Waals surface area contributed by atoms with Crippen molar-refractivity contribution >= 4 is 23.4 Å². The topological polar surface area (TPSA) is 78.7 Å². The number of ether oxygens (including phenoxy) is 2. The Bertz CT molecular complexity index is 492. The van der Waals surface area contributed by atoms with Crippen molar-refractivity contribution in [1.82, 2.24) is 0 Å². The van der Waals surface area contributed by atoms with Gasteiger partial charge in [-0.25, -0.2) is 0 Å². The van der Waals surface area contributed by atoms with Crippen LogP contribution < -0.4 is 4.74 Å². The van der Waals surface area contributed by atoms with E-state index < -0.39 is 4.92 Å². The number of rotatable bonds is 7. The highest BCUT2D eigenvalue weighted by Gasteiger charge is 2.22. The summed E-state index contributed by atoms with van der Waals surface area (Å²) >= 11 is 1.24. The molecule has 1 atom stereocenters. The summed E-state index contributed by atoms with van der Waals surface area (Å²) in [6.07, 6.45) is 0. The monoisotopic (exact) mass is 299 g/mol. The number of thioether (sulfide) groups is 1. The Kier molecular flexibility index (Phi) is 6.30. The Morgan fingerprint density at radius 1 is 1.50 bits per heavy atom. The lowest BCUT2D eigenvalue weighted by molar-refractivity contribution is -0.388. The highest BCUT2D eigenvalue weighted by Crippen LogP contribution is 2.37. The average molecular weight is 299 g/mol. The maximum atomic E-state index is 11.3. The molecule has 0 saturated carbocycles. The van der Waals surface area contributed by atoms with Gasteiger partial charge in [0.2, 0.25) is 0 Å². The van der Waals surface area contributed by atoms with Gasteiger partial charge in [-0.15, -0.1) is 11.8 Å². The minimum atomic E-state index is -0.462. The molecule has 0 bridgehead atoms. The molecule has 0 heterocycles. The lowest BCUT2D eigenvalue weighted by Gasteiger charge is -2.10. The zero-order valence-electron chi connectivity index (χ0n) is 11.6. The maximum absolute atomic E-state index is 11.3. The summed E-state index contributed by atoms with van der Waals surface area (Å²) in [5, 5.41) is 11.2. The molecule has 0 saturated heterocycles. The van der Waals surface area contributed by atoms with Crippen molar-refractivity contribution < 1.29 is 19.2 Å². The molecule has 1 aromatic carbocycles. The Labute approximate surface area is 121 Å². The zero-order chi connectivity index (χ0) is 15.1. The normalized spacial score (nSPS) is 11.8. The third-order valence-corrected chi connectivity index (χ3v) is 3.84. The number of methoxy groups -OCH3 is 1. The van der Waals surface area contributed by atoms with Crippen LogP contribution in [-0.2, 0) is 9.53 Å². The second kappa shape index (κ2) is 7.74. The molecule has 7 heteroatoms. The molecule has 0 radical (unpaired) electrons. The van der Waals surface area contributed by atoms with Gasteiger partial charge in [0.05, 0.1) is 29.5 Å². The van der Waals surface area contributed by atoms with Gasteiger partial charge in [-0.1, -0.05) is 13.0 Å². The van der Waals surface area contributed by atoms with E-state index >= 15 is 0 Å². The second-order valence-corrected chi connectivity index (χ2v) is 5.09. The molecule has 0 aromatic heterocycles. The van der Waals surface area contributed by atoms with Crippen LogP contribution >= 0.6 is 11.8 Å². The SMILES string of the molecule is CCOc1cccc(SCC(C)C(=O)OC)c1[N+](=O)[O-]. The summed E-state index contributed by atoms with van der Waals surface area (Å²) in [4.78, 5) is 22.5. The number of carbonyl (C=O) groups is 1. The minimum Gasteiger partial charge on any atom is -0.487 e. The van der Waals surface area contributed by atoms with E-state index in [0.717, 1.165) is 0 Å². The molecule has 1 aromatic rings. The van der Waals surface area contributed by atoms with Gasteiger partial charge in [-0.05, 0) is 19.1 Å². The fourth-order valence-corrected chi connectivity index (χ4v) is 2.61. The van der Waals surface area contributed by atoms with E-state index in [2.05, 4.69) is 4.74 Å². The standard InChI is InChI=1S/C13H17NO5S/c1-4-19-10-6-5-7-11(12(10)14(16)17)20-8-9(2)13(15)18-3/h5-7,9H,4,8H2,1-3H3. The van der Waals surface area contributed by atoms with Gasteiger partial charge in [0.25, 0.3) is 0 Å². The number of benzene rings is 1. The molecule has 110 valence electrons. The summed E-state index contributed by atoms with van der Waals surface area (Å²) in [7, 11) is 1.32. The predicted molar refractivity (Wildman–Crippen MR) is 76.2 cm³/mol. The van der Waals surface area contributed by atoms with Gasteiger partial charge in [0.15, 0.2) is 5.75 Å². The average Bonchev–Trinajstić information content (AvgIpc) is 2.43. The molecular weight excluding hydrogens is 282 g/mol. The number of nitro groups is 1. The van der Waals surface area contributed by atoms with E-state index in [0.29, 0.717) is 17.3 Å². The van der Waals surface area contributed by atoms with E-state index in [-0.39, 0.29) is 23.3 Å². The first-order valence-corrected chi connectivity index (χ1v) is 7.10. The molecule has 0 aliphatic rings. The van der Waals surface area contributed by atoms with Gasteiger partial charge in [-0.2, -0.15) is 0 Å². The highest BCUT2D eigenvalue weighted by atomic mass is 32.2.